The van der Waals surface area contributed by atoms with Crippen LogP contribution in [0, 0.1) is 23.5 Å². The van der Waals surface area contributed by atoms with Crippen molar-refractivity contribution in [1.29, 1.82) is 0 Å². The summed E-state index contributed by atoms with van der Waals surface area (Å²) in [7, 11) is 0. The Balaban J connectivity index is 2.12. The second-order valence-electron chi connectivity index (χ2n) is 4.14. The van der Waals surface area contributed by atoms with Gasteiger partial charge in [0.05, 0.1) is 17.1 Å². The molecule has 5 heteroatoms. The van der Waals surface area contributed by atoms with Gasteiger partial charge in [-0.25, -0.2) is 8.78 Å². The summed E-state index contributed by atoms with van der Waals surface area (Å²) in [6.07, 6.45) is 0. The number of hydrogen-bond acceptors (Lipinski definition) is 2. The largest absolute Gasteiger partial charge is 0.489 e. The van der Waals surface area contributed by atoms with Crippen LogP contribution in [0.4, 0.5) is 8.78 Å². The highest BCUT2D eigenvalue weighted by Crippen LogP contribution is 2.22. The molecule has 0 aliphatic heterocycles. The Labute approximate surface area is 126 Å². The molecular formula is C16H12ClF2NO. The minimum Gasteiger partial charge on any atom is -0.489 e. The van der Waals surface area contributed by atoms with Crippen LogP contribution in [-0.2, 0) is 6.61 Å². The van der Waals surface area contributed by atoms with Gasteiger partial charge in [0.1, 0.15) is 24.0 Å². The average Bonchev–Trinajstić information content (AvgIpc) is 2.46. The third-order valence-corrected chi connectivity index (χ3v) is 3.06. The quantitative estimate of drug-likeness (QED) is 0.881. The van der Waals surface area contributed by atoms with Crippen molar-refractivity contribution >= 4 is 11.6 Å². The molecule has 0 bridgehead atoms. The first-order valence-electron chi connectivity index (χ1n) is 6.16. The van der Waals surface area contributed by atoms with Crippen LogP contribution in [0.2, 0.25) is 5.02 Å². The lowest BCUT2D eigenvalue weighted by molar-refractivity contribution is 0.298. The van der Waals surface area contributed by atoms with E-state index in [-0.39, 0.29) is 35.1 Å². The zero-order chi connectivity index (χ0) is 15.2. The first-order chi connectivity index (χ1) is 10.1. The number of hydrogen-bond donors (Lipinski definition) is 1. The molecule has 0 unspecified atom stereocenters. The number of ether oxygens (including phenoxy) is 1. The van der Waals surface area contributed by atoms with Crippen LogP contribution < -0.4 is 10.5 Å². The molecule has 2 aromatic rings. The van der Waals surface area contributed by atoms with Gasteiger partial charge in [-0.2, -0.15) is 0 Å². The second-order valence-corrected chi connectivity index (χ2v) is 4.54. The lowest BCUT2D eigenvalue weighted by atomic mass is 10.2. The SMILES string of the molecule is NCC#Cc1ccc(OCc2c(F)cccc2Cl)cc1F. The molecule has 0 heterocycles. The summed E-state index contributed by atoms with van der Waals surface area (Å²) in [6, 6.07) is 8.59. The van der Waals surface area contributed by atoms with Crippen molar-refractivity contribution in [3.8, 4) is 17.6 Å². The van der Waals surface area contributed by atoms with E-state index in [1.54, 1.807) is 12.1 Å². The first-order valence-corrected chi connectivity index (χ1v) is 6.54. The maximum atomic E-state index is 13.7. The van der Waals surface area contributed by atoms with Crippen molar-refractivity contribution in [2.75, 3.05) is 6.54 Å². The maximum Gasteiger partial charge on any atom is 0.142 e. The Morgan fingerprint density at radius 1 is 1.14 bits per heavy atom. The summed E-state index contributed by atoms with van der Waals surface area (Å²) in [6.45, 7) is 0.0717. The zero-order valence-corrected chi connectivity index (χ0v) is 11.8. The van der Waals surface area contributed by atoms with Crippen molar-refractivity contribution in [3.63, 3.8) is 0 Å². The fourth-order valence-corrected chi connectivity index (χ4v) is 1.88. The van der Waals surface area contributed by atoms with Crippen LogP contribution >= 0.6 is 11.6 Å². The van der Waals surface area contributed by atoms with E-state index in [2.05, 4.69) is 11.8 Å². The van der Waals surface area contributed by atoms with Crippen LogP contribution in [-0.4, -0.2) is 6.54 Å². The van der Waals surface area contributed by atoms with E-state index in [0.29, 0.717) is 0 Å². The van der Waals surface area contributed by atoms with Gasteiger partial charge in [0.2, 0.25) is 0 Å². The van der Waals surface area contributed by atoms with Crippen molar-refractivity contribution in [1.82, 2.24) is 0 Å². The van der Waals surface area contributed by atoms with E-state index < -0.39 is 11.6 Å². The first kappa shape index (κ1) is 15.3. The standard InChI is InChI=1S/C16H12ClF2NO/c17-14-4-1-5-15(18)13(14)10-21-12-7-6-11(3-2-8-20)16(19)9-12/h1,4-7,9H,8,10,20H2. The maximum absolute atomic E-state index is 13.7. The predicted octanol–water partition coefficient (Wildman–Crippen LogP) is 3.51. The number of rotatable bonds is 3. The molecule has 21 heavy (non-hydrogen) atoms. The van der Waals surface area contributed by atoms with Gasteiger partial charge in [-0.05, 0) is 24.3 Å². The predicted molar refractivity (Wildman–Crippen MR) is 78.1 cm³/mol. The summed E-state index contributed by atoms with van der Waals surface area (Å²) in [5, 5.41) is 0.265. The average molecular weight is 308 g/mol. The summed E-state index contributed by atoms with van der Waals surface area (Å²) >= 11 is 5.89. The fourth-order valence-electron chi connectivity index (χ4n) is 1.66. The Kier molecular flexibility index (Phi) is 5.15. The van der Waals surface area contributed by atoms with Crippen LogP contribution in [0.3, 0.4) is 0 Å². The molecule has 0 atom stereocenters. The van der Waals surface area contributed by atoms with Crippen molar-refractivity contribution in [2.45, 2.75) is 6.61 Å². The van der Waals surface area contributed by atoms with Gasteiger partial charge in [0.25, 0.3) is 0 Å². The lowest BCUT2D eigenvalue weighted by Gasteiger charge is -2.09. The lowest BCUT2D eigenvalue weighted by Crippen LogP contribution is -2.00. The molecule has 2 aromatic carbocycles. The Morgan fingerprint density at radius 2 is 1.95 bits per heavy atom. The van der Waals surface area contributed by atoms with E-state index in [9.17, 15) is 8.78 Å². The monoisotopic (exact) mass is 307 g/mol. The number of halogens is 3. The molecule has 0 saturated carbocycles. The molecule has 2 rings (SSSR count). The Hall–Kier alpha value is -2.09. The van der Waals surface area contributed by atoms with Crippen molar-refractivity contribution < 1.29 is 13.5 Å². The smallest absolute Gasteiger partial charge is 0.142 e. The number of nitrogens with two attached hydrogens (primary N) is 1. The molecule has 0 fully saturated rings. The normalized spacial score (nSPS) is 9.90. The summed E-state index contributed by atoms with van der Waals surface area (Å²) < 4.78 is 32.7. The van der Waals surface area contributed by atoms with Crippen LogP contribution in [0.1, 0.15) is 11.1 Å². The molecule has 0 aromatic heterocycles. The van der Waals surface area contributed by atoms with Gasteiger partial charge in [-0.3, -0.25) is 0 Å². The molecule has 2 nitrogen and oxygen atoms in total. The molecule has 0 aliphatic rings. The molecule has 0 saturated heterocycles. The summed E-state index contributed by atoms with van der Waals surface area (Å²) in [4.78, 5) is 0. The minimum atomic E-state index is -0.520. The molecule has 108 valence electrons. The van der Waals surface area contributed by atoms with Gasteiger partial charge in [-0.1, -0.05) is 29.5 Å². The molecule has 0 amide bonds. The van der Waals surface area contributed by atoms with E-state index in [4.69, 9.17) is 22.1 Å². The van der Waals surface area contributed by atoms with Crippen molar-refractivity contribution in [2.24, 2.45) is 5.73 Å². The van der Waals surface area contributed by atoms with Crippen LogP contribution in [0.15, 0.2) is 36.4 Å². The number of benzene rings is 2. The third-order valence-electron chi connectivity index (χ3n) is 2.71. The Morgan fingerprint density at radius 3 is 2.62 bits per heavy atom. The molecule has 0 spiro atoms. The highest BCUT2D eigenvalue weighted by molar-refractivity contribution is 6.31. The van der Waals surface area contributed by atoms with E-state index in [1.165, 1.54) is 24.3 Å². The summed E-state index contributed by atoms with van der Waals surface area (Å²) in [5.41, 5.74) is 5.69. The Bertz CT molecular complexity index is 687. The zero-order valence-electron chi connectivity index (χ0n) is 11.0. The van der Waals surface area contributed by atoms with E-state index in [0.717, 1.165) is 0 Å². The highest BCUT2D eigenvalue weighted by atomic mass is 35.5. The van der Waals surface area contributed by atoms with Gasteiger partial charge >= 0.3 is 0 Å². The minimum absolute atomic E-state index is 0.0846. The molecular weight excluding hydrogens is 296 g/mol. The fraction of sp³-hybridized carbons (Fsp3) is 0.125. The van der Waals surface area contributed by atoms with E-state index >= 15 is 0 Å². The second kappa shape index (κ2) is 7.07. The highest BCUT2D eigenvalue weighted by Gasteiger charge is 2.08. The molecule has 0 radical (unpaired) electrons. The van der Waals surface area contributed by atoms with Gasteiger partial charge in [0.15, 0.2) is 0 Å². The summed E-state index contributed by atoms with van der Waals surface area (Å²) in [5.74, 6) is 4.46. The van der Waals surface area contributed by atoms with Gasteiger partial charge < -0.3 is 10.5 Å². The van der Waals surface area contributed by atoms with Gasteiger partial charge in [0, 0.05) is 11.6 Å². The van der Waals surface area contributed by atoms with Gasteiger partial charge in [-0.15, -0.1) is 0 Å². The molecule has 2 N–H and O–H groups in total. The third kappa shape index (κ3) is 3.94. The van der Waals surface area contributed by atoms with Crippen LogP contribution in [0.25, 0.3) is 0 Å². The van der Waals surface area contributed by atoms with Crippen LogP contribution in [0.5, 0.6) is 5.75 Å². The van der Waals surface area contributed by atoms with Crippen molar-refractivity contribution in [3.05, 3.63) is 64.2 Å². The van der Waals surface area contributed by atoms with E-state index in [1.807, 2.05) is 0 Å². The molecule has 0 aliphatic carbocycles. The topological polar surface area (TPSA) is 35.2 Å².